The number of hydrogen-bond donors (Lipinski definition) is 4. The van der Waals surface area contributed by atoms with Crippen LogP contribution in [0.5, 0.6) is 11.5 Å². The highest BCUT2D eigenvalue weighted by Gasteiger charge is 2.31. The number of alkyl halides is 3. The molecule has 1 saturated heterocycles. The maximum absolute atomic E-state index is 12.9. The third kappa shape index (κ3) is 5.90. The smallest absolute Gasteiger partial charge is 0.416 e. The first-order valence-corrected chi connectivity index (χ1v) is 12.5. The molecule has 11 nitrogen and oxygen atoms in total. The van der Waals surface area contributed by atoms with Crippen molar-refractivity contribution in [2.24, 2.45) is 0 Å². The number of rotatable bonds is 7. The summed E-state index contributed by atoms with van der Waals surface area (Å²) in [6, 6.07) is 9.26. The number of carbonyl (C=O) groups excluding carboxylic acids is 2. The highest BCUT2D eigenvalue weighted by molar-refractivity contribution is 6.03. The molecular formula is C26H25F3N8O3. The van der Waals surface area contributed by atoms with Gasteiger partial charge >= 0.3 is 12.2 Å². The average molecular weight is 555 g/mol. The first-order chi connectivity index (χ1) is 19.2. The van der Waals surface area contributed by atoms with Crippen molar-refractivity contribution in [1.82, 2.24) is 30.4 Å². The minimum atomic E-state index is -4.55. The standard InChI is InChI=1S/C26H25F3N8O3/c1-2-30-25(39)37-12-9-17(14-37)33-23-21-19(8-11-32-22(21)35-36-23)40-18-5-3-15(4-6-18)24(38)34-20-13-16(7-10-31-20)26(27,28)29/h3-8,10-11,13,17H,2,9,12,14H2,1H3,(H,30,39)(H,31,34,38)(H2,32,33,35,36)/t17-/m1/s1. The molecule has 0 spiro atoms. The molecule has 14 heteroatoms. The molecule has 0 aliphatic carbocycles. The Hall–Kier alpha value is -4.88. The van der Waals surface area contributed by atoms with Gasteiger partial charge in [0.2, 0.25) is 0 Å². The molecule has 1 aliphatic heterocycles. The van der Waals surface area contributed by atoms with Crippen LogP contribution in [0.15, 0.2) is 54.9 Å². The van der Waals surface area contributed by atoms with E-state index in [4.69, 9.17) is 4.74 Å². The zero-order valence-electron chi connectivity index (χ0n) is 21.2. The van der Waals surface area contributed by atoms with E-state index in [9.17, 15) is 22.8 Å². The van der Waals surface area contributed by atoms with Gasteiger partial charge < -0.3 is 25.6 Å². The van der Waals surface area contributed by atoms with Crippen molar-refractivity contribution >= 4 is 34.6 Å². The van der Waals surface area contributed by atoms with Crippen molar-refractivity contribution < 1.29 is 27.5 Å². The number of ether oxygens (including phenoxy) is 1. The number of nitrogens with zero attached hydrogens (tertiary/aromatic N) is 4. The largest absolute Gasteiger partial charge is 0.456 e. The number of anilines is 2. The van der Waals surface area contributed by atoms with E-state index in [2.05, 4.69) is 36.1 Å². The van der Waals surface area contributed by atoms with Crippen molar-refractivity contribution in [1.29, 1.82) is 0 Å². The van der Waals surface area contributed by atoms with E-state index >= 15 is 0 Å². The summed E-state index contributed by atoms with van der Waals surface area (Å²) in [5.41, 5.74) is -0.205. The number of halogens is 3. The van der Waals surface area contributed by atoms with Crippen LogP contribution in [0, 0.1) is 0 Å². The molecule has 4 N–H and O–H groups in total. The van der Waals surface area contributed by atoms with Crippen LogP contribution in [0.3, 0.4) is 0 Å². The Morgan fingerprint density at radius 1 is 1.12 bits per heavy atom. The fourth-order valence-electron chi connectivity index (χ4n) is 4.30. The van der Waals surface area contributed by atoms with Gasteiger partial charge in [-0.2, -0.15) is 18.3 Å². The monoisotopic (exact) mass is 554 g/mol. The summed E-state index contributed by atoms with van der Waals surface area (Å²) in [4.78, 5) is 34.5. The Morgan fingerprint density at radius 3 is 2.65 bits per heavy atom. The molecule has 40 heavy (non-hydrogen) atoms. The number of H-pyrrole nitrogens is 1. The number of pyridine rings is 2. The van der Waals surface area contributed by atoms with Crippen molar-refractivity contribution in [3.63, 3.8) is 0 Å². The minimum absolute atomic E-state index is 0.00808. The number of aromatic amines is 1. The molecule has 4 aromatic rings. The summed E-state index contributed by atoms with van der Waals surface area (Å²) in [5.74, 6) is 0.576. The summed E-state index contributed by atoms with van der Waals surface area (Å²) in [7, 11) is 0. The number of carbonyl (C=O) groups is 2. The fraction of sp³-hybridized carbons (Fsp3) is 0.269. The summed E-state index contributed by atoms with van der Waals surface area (Å²) < 4.78 is 44.9. The number of likely N-dealkylation sites (tertiary alicyclic amines) is 1. The number of fused-ring (bicyclic) bond motifs is 1. The van der Waals surface area contributed by atoms with Crippen LogP contribution in [0.1, 0.15) is 29.3 Å². The van der Waals surface area contributed by atoms with E-state index in [0.29, 0.717) is 48.0 Å². The van der Waals surface area contributed by atoms with E-state index in [0.717, 1.165) is 24.8 Å². The van der Waals surface area contributed by atoms with E-state index in [1.165, 1.54) is 12.1 Å². The lowest BCUT2D eigenvalue weighted by atomic mass is 10.2. The summed E-state index contributed by atoms with van der Waals surface area (Å²) in [6.45, 7) is 3.57. The maximum Gasteiger partial charge on any atom is 0.416 e. The number of benzene rings is 1. The van der Waals surface area contributed by atoms with Crippen molar-refractivity contribution in [2.75, 3.05) is 30.3 Å². The topological polar surface area (TPSA) is 137 Å². The maximum atomic E-state index is 12.9. The van der Waals surface area contributed by atoms with Crippen molar-refractivity contribution in [3.8, 4) is 11.5 Å². The molecule has 0 saturated carbocycles. The van der Waals surface area contributed by atoms with Gasteiger partial charge in [0.05, 0.1) is 5.56 Å². The van der Waals surface area contributed by atoms with E-state index in [-0.39, 0.29) is 23.5 Å². The Balaban J connectivity index is 1.27. The first kappa shape index (κ1) is 26.7. The molecular weight excluding hydrogens is 529 g/mol. The van der Waals surface area contributed by atoms with Gasteiger partial charge in [-0.25, -0.2) is 14.8 Å². The lowest BCUT2D eigenvalue weighted by molar-refractivity contribution is -0.137. The summed E-state index contributed by atoms with van der Waals surface area (Å²) in [5, 5.41) is 16.4. The van der Waals surface area contributed by atoms with Gasteiger partial charge in [-0.3, -0.25) is 9.89 Å². The number of aromatic nitrogens is 4. The van der Waals surface area contributed by atoms with Crippen LogP contribution < -0.4 is 20.7 Å². The minimum Gasteiger partial charge on any atom is -0.456 e. The number of hydrogen-bond acceptors (Lipinski definition) is 7. The van der Waals surface area contributed by atoms with Gasteiger partial charge in [0.15, 0.2) is 11.5 Å². The van der Waals surface area contributed by atoms with Gasteiger partial charge in [0.1, 0.15) is 22.7 Å². The molecule has 5 rings (SSSR count). The van der Waals surface area contributed by atoms with Gasteiger partial charge in [-0.15, -0.1) is 0 Å². The van der Waals surface area contributed by atoms with Crippen LogP contribution >= 0.6 is 0 Å². The quantitative estimate of drug-likeness (QED) is 0.261. The van der Waals surface area contributed by atoms with Gasteiger partial charge in [-0.1, -0.05) is 0 Å². The van der Waals surface area contributed by atoms with Crippen molar-refractivity contribution in [3.05, 3.63) is 66.0 Å². The molecule has 0 unspecified atom stereocenters. The highest BCUT2D eigenvalue weighted by atomic mass is 19.4. The third-order valence-corrected chi connectivity index (χ3v) is 6.24. The number of urea groups is 1. The molecule has 1 fully saturated rings. The first-order valence-electron chi connectivity index (χ1n) is 12.5. The molecule has 208 valence electrons. The molecule has 1 atom stereocenters. The van der Waals surface area contributed by atoms with E-state index < -0.39 is 17.6 Å². The lowest BCUT2D eigenvalue weighted by Gasteiger charge is -2.17. The third-order valence-electron chi connectivity index (χ3n) is 6.24. The number of nitrogens with one attached hydrogen (secondary N) is 4. The highest BCUT2D eigenvalue weighted by Crippen LogP contribution is 2.34. The molecule has 3 amide bonds. The van der Waals surface area contributed by atoms with E-state index in [1.54, 1.807) is 29.3 Å². The summed E-state index contributed by atoms with van der Waals surface area (Å²) >= 11 is 0. The van der Waals surface area contributed by atoms with Crippen molar-refractivity contribution in [2.45, 2.75) is 25.6 Å². The zero-order valence-corrected chi connectivity index (χ0v) is 21.2. The fourth-order valence-corrected chi connectivity index (χ4v) is 4.30. The Bertz CT molecular complexity index is 1520. The predicted molar refractivity (Wildman–Crippen MR) is 140 cm³/mol. The van der Waals surface area contributed by atoms with E-state index in [1.807, 2.05) is 6.92 Å². The van der Waals surface area contributed by atoms with Gasteiger partial charge in [0.25, 0.3) is 5.91 Å². The predicted octanol–water partition coefficient (Wildman–Crippen LogP) is 4.63. The van der Waals surface area contributed by atoms with Crippen LogP contribution in [-0.2, 0) is 6.18 Å². The SMILES string of the molecule is CCNC(=O)N1CC[C@@H](Nc2n[nH]c3nccc(Oc4ccc(C(=O)Nc5cc(C(F)(F)F)ccn5)cc4)c23)C1. The van der Waals surface area contributed by atoms with Gasteiger partial charge in [0, 0.05) is 49.7 Å². The van der Waals surface area contributed by atoms with Crippen LogP contribution in [0.4, 0.5) is 29.6 Å². The lowest BCUT2D eigenvalue weighted by Crippen LogP contribution is -2.39. The number of amides is 3. The zero-order chi connectivity index (χ0) is 28.3. The molecule has 0 radical (unpaired) electrons. The van der Waals surface area contributed by atoms with Crippen LogP contribution in [-0.4, -0.2) is 62.7 Å². The summed E-state index contributed by atoms with van der Waals surface area (Å²) in [6.07, 6.45) is -1.25. The second-order valence-electron chi connectivity index (χ2n) is 9.02. The average Bonchev–Trinajstić information content (AvgIpc) is 3.57. The molecule has 4 heterocycles. The molecule has 1 aromatic carbocycles. The Kier molecular flexibility index (Phi) is 7.40. The van der Waals surface area contributed by atoms with Crippen LogP contribution in [0.25, 0.3) is 11.0 Å². The van der Waals surface area contributed by atoms with Crippen LogP contribution in [0.2, 0.25) is 0 Å². The molecule has 3 aromatic heterocycles. The van der Waals surface area contributed by atoms with Gasteiger partial charge in [-0.05, 0) is 49.7 Å². The second-order valence-corrected chi connectivity index (χ2v) is 9.02. The molecule has 0 bridgehead atoms. The Labute approximate surface area is 226 Å². The molecule has 1 aliphatic rings. The Morgan fingerprint density at radius 2 is 1.90 bits per heavy atom. The second kappa shape index (κ2) is 11.1. The normalized spacial score (nSPS) is 15.2.